The Morgan fingerprint density at radius 3 is 1.53 bits per heavy atom. The van der Waals surface area contributed by atoms with Gasteiger partial charge in [-0.2, -0.15) is 0 Å². The fourth-order valence-corrected chi connectivity index (χ4v) is 9.26. The van der Waals surface area contributed by atoms with Crippen molar-refractivity contribution in [3.8, 4) is 33.6 Å². The van der Waals surface area contributed by atoms with Crippen molar-refractivity contribution in [2.45, 2.75) is 0 Å². The third-order valence-corrected chi connectivity index (χ3v) is 11.7. The molecule has 11 aromatic rings. The van der Waals surface area contributed by atoms with E-state index in [9.17, 15) is 0 Å². The molecular formula is C48H30N2S. The topological polar surface area (TPSA) is 9.86 Å². The van der Waals surface area contributed by atoms with E-state index in [0.29, 0.717) is 0 Å². The van der Waals surface area contributed by atoms with E-state index in [0.717, 1.165) is 5.69 Å². The summed E-state index contributed by atoms with van der Waals surface area (Å²) in [6.45, 7) is 0. The van der Waals surface area contributed by atoms with Crippen LogP contribution in [0.25, 0.3) is 97.4 Å². The van der Waals surface area contributed by atoms with Crippen LogP contribution in [0.15, 0.2) is 182 Å². The van der Waals surface area contributed by atoms with Gasteiger partial charge in [-0.15, -0.1) is 11.3 Å². The number of thiophene rings is 1. The molecule has 0 unspecified atom stereocenters. The number of fused-ring (bicyclic) bond motifs is 9. The van der Waals surface area contributed by atoms with E-state index in [1.165, 1.54) is 91.7 Å². The molecule has 8 aromatic carbocycles. The standard InChI is InChI=1S/C48H30N2S/c1-3-11-31(12-4-1)32-19-23-36(24-20-32)50-45-26-22-34(28-40(45)41-30-48-42(29-46(41)50)38-16-8-10-18-47(38)51-48)33-21-25-44-39(27-33)37-15-7-9-17-43(37)49(44)35-13-5-2-6-14-35/h1-30H. The van der Waals surface area contributed by atoms with Gasteiger partial charge in [0.2, 0.25) is 0 Å². The van der Waals surface area contributed by atoms with Gasteiger partial charge in [0.15, 0.2) is 0 Å². The molecule has 0 atom stereocenters. The first-order valence-corrected chi connectivity index (χ1v) is 18.2. The second-order valence-electron chi connectivity index (χ2n) is 13.4. The fraction of sp³-hybridized carbons (Fsp3) is 0. The number of para-hydroxylation sites is 2. The van der Waals surface area contributed by atoms with Crippen LogP contribution in [0.2, 0.25) is 0 Å². The smallest absolute Gasteiger partial charge is 0.0548 e. The van der Waals surface area contributed by atoms with Gasteiger partial charge in [-0.3, -0.25) is 0 Å². The molecule has 0 aliphatic rings. The summed E-state index contributed by atoms with van der Waals surface area (Å²) in [6.07, 6.45) is 0. The third-order valence-electron chi connectivity index (χ3n) is 10.5. The van der Waals surface area contributed by atoms with Crippen LogP contribution in [0.5, 0.6) is 0 Å². The summed E-state index contributed by atoms with van der Waals surface area (Å²) < 4.78 is 7.48. The largest absolute Gasteiger partial charge is 0.309 e. The van der Waals surface area contributed by atoms with E-state index in [1.54, 1.807) is 0 Å². The minimum atomic E-state index is 1.16. The third kappa shape index (κ3) is 4.35. The van der Waals surface area contributed by atoms with Crippen LogP contribution < -0.4 is 0 Å². The predicted molar refractivity (Wildman–Crippen MR) is 219 cm³/mol. The minimum Gasteiger partial charge on any atom is -0.309 e. The molecule has 3 heteroatoms. The minimum absolute atomic E-state index is 1.16. The molecule has 0 amide bonds. The van der Waals surface area contributed by atoms with E-state index >= 15 is 0 Å². The van der Waals surface area contributed by atoms with E-state index in [2.05, 4.69) is 191 Å². The number of aromatic nitrogens is 2. The molecule has 0 N–H and O–H groups in total. The van der Waals surface area contributed by atoms with Gasteiger partial charge in [-0.1, -0.05) is 109 Å². The summed E-state index contributed by atoms with van der Waals surface area (Å²) in [4.78, 5) is 0. The van der Waals surface area contributed by atoms with Crippen molar-refractivity contribution in [1.29, 1.82) is 0 Å². The van der Waals surface area contributed by atoms with E-state index in [4.69, 9.17) is 0 Å². The molecular weight excluding hydrogens is 637 g/mol. The van der Waals surface area contributed by atoms with Crippen molar-refractivity contribution >= 4 is 75.1 Å². The Hall–Kier alpha value is -6.42. The lowest BCUT2D eigenvalue weighted by atomic mass is 10.0. The molecule has 0 fully saturated rings. The van der Waals surface area contributed by atoms with Crippen LogP contribution in [-0.2, 0) is 0 Å². The normalized spacial score (nSPS) is 11.9. The molecule has 0 saturated carbocycles. The Morgan fingerprint density at radius 1 is 0.275 bits per heavy atom. The van der Waals surface area contributed by atoms with Crippen LogP contribution in [0.4, 0.5) is 0 Å². The maximum absolute atomic E-state index is 2.45. The number of rotatable bonds is 4. The van der Waals surface area contributed by atoms with Crippen molar-refractivity contribution in [3.05, 3.63) is 182 Å². The molecule has 0 aliphatic carbocycles. The Bertz CT molecular complexity index is 3110. The Balaban J connectivity index is 1.14. The van der Waals surface area contributed by atoms with Crippen LogP contribution in [0, 0.1) is 0 Å². The highest BCUT2D eigenvalue weighted by atomic mass is 32.1. The van der Waals surface area contributed by atoms with Crippen molar-refractivity contribution in [2.24, 2.45) is 0 Å². The number of benzene rings is 8. The number of hydrogen-bond donors (Lipinski definition) is 0. The molecule has 0 bridgehead atoms. The molecule has 0 radical (unpaired) electrons. The molecule has 3 aromatic heterocycles. The number of hydrogen-bond acceptors (Lipinski definition) is 1. The highest BCUT2D eigenvalue weighted by Gasteiger charge is 2.18. The monoisotopic (exact) mass is 666 g/mol. The van der Waals surface area contributed by atoms with E-state index < -0.39 is 0 Å². The SMILES string of the molecule is c1ccc(-c2ccc(-n3c4ccc(-c5ccc6c(c5)c5ccccc5n6-c5ccccc5)cc4c4cc5sc6ccccc6c5cc43)cc2)cc1. The molecule has 238 valence electrons. The van der Waals surface area contributed by atoms with Gasteiger partial charge in [0.05, 0.1) is 22.1 Å². The van der Waals surface area contributed by atoms with Crippen molar-refractivity contribution in [2.75, 3.05) is 0 Å². The van der Waals surface area contributed by atoms with Gasteiger partial charge in [0.25, 0.3) is 0 Å². The average Bonchev–Trinajstić information content (AvgIpc) is 3.84. The molecule has 2 nitrogen and oxygen atoms in total. The molecule has 11 rings (SSSR count). The van der Waals surface area contributed by atoms with Gasteiger partial charge >= 0.3 is 0 Å². The second kappa shape index (κ2) is 11.0. The van der Waals surface area contributed by atoms with Crippen LogP contribution >= 0.6 is 11.3 Å². The maximum Gasteiger partial charge on any atom is 0.0548 e. The Kier molecular flexibility index (Phi) is 6.16. The second-order valence-corrected chi connectivity index (χ2v) is 14.4. The van der Waals surface area contributed by atoms with Crippen LogP contribution in [0.1, 0.15) is 0 Å². The van der Waals surface area contributed by atoms with E-state index in [-0.39, 0.29) is 0 Å². The van der Waals surface area contributed by atoms with Gasteiger partial charge in [0, 0.05) is 53.1 Å². The summed E-state index contributed by atoms with van der Waals surface area (Å²) in [5.41, 5.74) is 12.1. The van der Waals surface area contributed by atoms with Gasteiger partial charge in [-0.05, 0) is 95.1 Å². The van der Waals surface area contributed by atoms with E-state index in [1.807, 2.05) is 11.3 Å². The first kappa shape index (κ1) is 28.4. The van der Waals surface area contributed by atoms with Crippen molar-refractivity contribution < 1.29 is 0 Å². The van der Waals surface area contributed by atoms with Crippen molar-refractivity contribution in [3.63, 3.8) is 0 Å². The summed E-state index contributed by atoms with van der Waals surface area (Å²) in [6, 6.07) is 66.7. The first-order valence-electron chi connectivity index (χ1n) is 17.4. The number of nitrogens with zero attached hydrogens (tertiary/aromatic N) is 2. The zero-order valence-corrected chi connectivity index (χ0v) is 28.4. The Labute approximate surface area is 298 Å². The Morgan fingerprint density at radius 2 is 0.784 bits per heavy atom. The van der Waals surface area contributed by atoms with Gasteiger partial charge in [-0.25, -0.2) is 0 Å². The molecule has 0 spiro atoms. The van der Waals surface area contributed by atoms with Gasteiger partial charge < -0.3 is 9.13 Å². The van der Waals surface area contributed by atoms with Crippen molar-refractivity contribution in [1.82, 2.24) is 9.13 Å². The predicted octanol–water partition coefficient (Wildman–Crippen LogP) is 13.6. The molecule has 0 saturated heterocycles. The van der Waals surface area contributed by atoms with Crippen LogP contribution in [-0.4, -0.2) is 9.13 Å². The zero-order valence-electron chi connectivity index (χ0n) is 27.6. The van der Waals surface area contributed by atoms with Crippen LogP contribution in [0.3, 0.4) is 0 Å². The highest BCUT2D eigenvalue weighted by molar-refractivity contribution is 7.25. The quantitative estimate of drug-likeness (QED) is 0.177. The molecule has 0 aliphatic heterocycles. The summed E-state index contributed by atoms with van der Waals surface area (Å²) >= 11 is 1.88. The van der Waals surface area contributed by atoms with Gasteiger partial charge in [0.1, 0.15) is 0 Å². The lowest BCUT2D eigenvalue weighted by molar-refractivity contribution is 1.18. The lowest BCUT2D eigenvalue weighted by Gasteiger charge is -2.10. The average molecular weight is 667 g/mol. The summed E-state index contributed by atoms with van der Waals surface area (Å²) in [5, 5.41) is 7.70. The fourth-order valence-electron chi connectivity index (χ4n) is 8.14. The maximum atomic E-state index is 2.45. The first-order chi connectivity index (χ1) is 25.3. The highest BCUT2D eigenvalue weighted by Crippen LogP contribution is 2.42. The summed E-state index contributed by atoms with van der Waals surface area (Å²) in [7, 11) is 0. The molecule has 3 heterocycles. The lowest BCUT2D eigenvalue weighted by Crippen LogP contribution is -1.94. The summed E-state index contributed by atoms with van der Waals surface area (Å²) in [5.74, 6) is 0. The zero-order chi connectivity index (χ0) is 33.5. The molecule has 51 heavy (non-hydrogen) atoms.